The van der Waals surface area contributed by atoms with Gasteiger partial charge in [0.25, 0.3) is 11.8 Å². The van der Waals surface area contributed by atoms with Crippen molar-refractivity contribution in [3.8, 4) is 0 Å². The van der Waals surface area contributed by atoms with E-state index < -0.39 is 41.5 Å². The molecular formula is C22H20FN5O6. The molecule has 2 aliphatic heterocycles. The average Bonchev–Trinajstić information content (AvgIpc) is 3.30. The zero-order valence-corrected chi connectivity index (χ0v) is 17.8. The highest BCUT2D eigenvalue weighted by Crippen LogP contribution is 2.47. The predicted octanol–water partition coefficient (Wildman–Crippen LogP) is 1.01. The zero-order valence-electron chi connectivity index (χ0n) is 17.8. The summed E-state index contributed by atoms with van der Waals surface area (Å²) in [5, 5.41) is 18.2. The minimum atomic E-state index is -1.12. The van der Waals surface area contributed by atoms with E-state index >= 15 is 0 Å². The van der Waals surface area contributed by atoms with Crippen LogP contribution in [0.3, 0.4) is 0 Å². The molecule has 3 heterocycles. The molecule has 34 heavy (non-hydrogen) atoms. The first kappa shape index (κ1) is 21.7. The SMILES string of the molecule is O=C1CCC(N2C(=O)c3cc(F)c(NCC4(Cn5cc(C(=O)O)cn5)CC4)cc3C2=O)C(=O)N1. The number of rotatable bonds is 7. The normalized spacial score (nSPS) is 20.9. The van der Waals surface area contributed by atoms with Gasteiger partial charge in [0.2, 0.25) is 11.8 Å². The minimum absolute atomic E-state index is 0.00271. The second-order valence-electron chi connectivity index (χ2n) is 8.91. The van der Waals surface area contributed by atoms with Gasteiger partial charge in [-0.25, -0.2) is 9.18 Å². The molecule has 3 N–H and O–H groups in total. The molecule has 2 aromatic rings. The zero-order chi connectivity index (χ0) is 24.2. The Morgan fingerprint density at radius 1 is 1.21 bits per heavy atom. The van der Waals surface area contributed by atoms with Gasteiger partial charge in [0, 0.05) is 31.1 Å². The lowest BCUT2D eigenvalue weighted by molar-refractivity contribution is -0.136. The van der Waals surface area contributed by atoms with Gasteiger partial charge >= 0.3 is 5.97 Å². The largest absolute Gasteiger partial charge is 0.478 e. The first-order chi connectivity index (χ1) is 16.2. The van der Waals surface area contributed by atoms with Crippen LogP contribution in [0.1, 0.15) is 56.8 Å². The van der Waals surface area contributed by atoms with Gasteiger partial charge in [0.05, 0.1) is 28.6 Å². The third kappa shape index (κ3) is 3.70. The van der Waals surface area contributed by atoms with Crippen molar-refractivity contribution in [3.05, 3.63) is 47.0 Å². The van der Waals surface area contributed by atoms with Crippen LogP contribution in [0.4, 0.5) is 10.1 Å². The summed E-state index contributed by atoms with van der Waals surface area (Å²) in [4.78, 5) is 61.1. The van der Waals surface area contributed by atoms with Crippen molar-refractivity contribution in [1.29, 1.82) is 0 Å². The fourth-order valence-electron chi connectivity index (χ4n) is 4.38. The molecule has 1 aliphatic carbocycles. The molecule has 1 saturated heterocycles. The highest BCUT2D eigenvalue weighted by Gasteiger charge is 2.46. The predicted molar refractivity (Wildman–Crippen MR) is 112 cm³/mol. The van der Waals surface area contributed by atoms with Crippen LogP contribution in [0.5, 0.6) is 0 Å². The number of imide groups is 2. The lowest BCUT2D eigenvalue weighted by Gasteiger charge is -2.27. The average molecular weight is 469 g/mol. The highest BCUT2D eigenvalue weighted by atomic mass is 19.1. The number of fused-ring (bicyclic) bond motifs is 1. The fraction of sp³-hybridized carbons (Fsp3) is 0.364. The van der Waals surface area contributed by atoms with Crippen LogP contribution < -0.4 is 10.6 Å². The molecule has 1 saturated carbocycles. The summed E-state index contributed by atoms with van der Waals surface area (Å²) in [6.07, 6.45) is 4.38. The summed E-state index contributed by atoms with van der Waals surface area (Å²) < 4.78 is 16.3. The number of nitrogens with one attached hydrogen (secondary N) is 2. The first-order valence-corrected chi connectivity index (χ1v) is 10.7. The fourth-order valence-corrected chi connectivity index (χ4v) is 4.38. The molecule has 1 aromatic carbocycles. The summed E-state index contributed by atoms with van der Waals surface area (Å²) >= 11 is 0. The van der Waals surface area contributed by atoms with Crippen LogP contribution in [-0.2, 0) is 16.1 Å². The van der Waals surface area contributed by atoms with E-state index in [9.17, 15) is 28.4 Å². The van der Waals surface area contributed by atoms with E-state index in [-0.39, 0.29) is 40.6 Å². The summed E-state index contributed by atoms with van der Waals surface area (Å²) in [6, 6.07) is 1.13. The summed E-state index contributed by atoms with van der Waals surface area (Å²) in [7, 11) is 0. The minimum Gasteiger partial charge on any atom is -0.478 e. The number of carbonyl (C=O) groups excluding carboxylic acids is 4. The number of aromatic nitrogens is 2. The quantitative estimate of drug-likeness (QED) is 0.509. The van der Waals surface area contributed by atoms with E-state index in [1.165, 1.54) is 23.1 Å². The molecule has 12 heteroatoms. The van der Waals surface area contributed by atoms with Crippen molar-refractivity contribution < 1.29 is 33.5 Å². The Hall–Kier alpha value is -4.09. The molecule has 2 fully saturated rings. The molecule has 1 unspecified atom stereocenters. The van der Waals surface area contributed by atoms with Crippen molar-refractivity contribution in [2.24, 2.45) is 5.41 Å². The van der Waals surface area contributed by atoms with Crippen LogP contribution in [0, 0.1) is 11.2 Å². The molecule has 5 rings (SSSR count). The van der Waals surface area contributed by atoms with Crippen LogP contribution in [0.2, 0.25) is 0 Å². The molecule has 1 aromatic heterocycles. The Morgan fingerprint density at radius 3 is 2.53 bits per heavy atom. The van der Waals surface area contributed by atoms with Gasteiger partial charge in [-0.3, -0.25) is 34.1 Å². The number of carboxylic acid groups (broad SMARTS) is 1. The maximum atomic E-state index is 14.8. The lowest BCUT2D eigenvalue weighted by Crippen LogP contribution is -2.54. The molecule has 0 radical (unpaired) electrons. The Morgan fingerprint density at radius 2 is 1.91 bits per heavy atom. The number of carboxylic acids is 1. The standard InChI is InChI=1S/C22H20FN5O6/c23-14-5-12-13(20(32)28(19(12)31)16-1-2-17(29)26-18(16)30)6-15(14)24-9-22(3-4-22)10-27-8-11(7-25-27)21(33)34/h5-8,16,24H,1-4,9-10H2,(H,33,34)(H,26,29,30). The highest BCUT2D eigenvalue weighted by molar-refractivity contribution is 6.23. The van der Waals surface area contributed by atoms with Crippen molar-refractivity contribution in [1.82, 2.24) is 20.0 Å². The van der Waals surface area contributed by atoms with Crippen LogP contribution >= 0.6 is 0 Å². The topological polar surface area (TPSA) is 151 Å². The maximum Gasteiger partial charge on any atom is 0.338 e. The smallest absolute Gasteiger partial charge is 0.338 e. The Labute approximate surface area is 191 Å². The van der Waals surface area contributed by atoms with E-state index in [1.54, 1.807) is 0 Å². The van der Waals surface area contributed by atoms with Crippen LogP contribution in [0.15, 0.2) is 24.5 Å². The Bertz CT molecular complexity index is 1270. The number of hydrogen-bond acceptors (Lipinski definition) is 7. The number of anilines is 1. The lowest BCUT2D eigenvalue weighted by atomic mass is 10.0. The molecular weight excluding hydrogens is 449 g/mol. The van der Waals surface area contributed by atoms with E-state index in [1.807, 2.05) is 0 Å². The van der Waals surface area contributed by atoms with Gasteiger partial charge in [-0.05, 0) is 31.4 Å². The number of carbonyl (C=O) groups is 5. The van der Waals surface area contributed by atoms with Crippen molar-refractivity contribution in [3.63, 3.8) is 0 Å². The molecule has 11 nitrogen and oxygen atoms in total. The third-order valence-electron chi connectivity index (χ3n) is 6.52. The number of aromatic carboxylic acids is 1. The molecule has 3 aliphatic rings. The molecule has 176 valence electrons. The van der Waals surface area contributed by atoms with Crippen LogP contribution in [-0.4, -0.2) is 62.0 Å². The third-order valence-corrected chi connectivity index (χ3v) is 6.52. The van der Waals surface area contributed by atoms with Gasteiger partial charge in [-0.2, -0.15) is 5.10 Å². The monoisotopic (exact) mass is 469 g/mol. The van der Waals surface area contributed by atoms with E-state index in [4.69, 9.17) is 5.11 Å². The van der Waals surface area contributed by atoms with Crippen molar-refractivity contribution >= 4 is 35.3 Å². The summed E-state index contributed by atoms with van der Waals surface area (Å²) in [5.74, 6) is -4.47. The summed E-state index contributed by atoms with van der Waals surface area (Å²) in [6.45, 7) is 0.796. The summed E-state index contributed by atoms with van der Waals surface area (Å²) in [5.41, 5.74) is -0.260. The second-order valence-corrected chi connectivity index (χ2v) is 8.91. The van der Waals surface area contributed by atoms with Gasteiger partial charge in [0.15, 0.2) is 0 Å². The Balaban J connectivity index is 1.31. The van der Waals surface area contributed by atoms with Gasteiger partial charge < -0.3 is 10.4 Å². The second kappa shape index (κ2) is 7.75. The van der Waals surface area contributed by atoms with Crippen molar-refractivity contribution in [2.75, 3.05) is 11.9 Å². The van der Waals surface area contributed by atoms with E-state index in [0.29, 0.717) is 13.1 Å². The number of nitrogens with zero attached hydrogens (tertiary/aromatic N) is 3. The first-order valence-electron chi connectivity index (χ1n) is 10.7. The van der Waals surface area contributed by atoms with Gasteiger partial charge in [0.1, 0.15) is 11.9 Å². The number of amides is 4. The number of benzene rings is 1. The van der Waals surface area contributed by atoms with Crippen LogP contribution in [0.25, 0.3) is 0 Å². The Kier molecular flexibility index (Phi) is 4.95. The van der Waals surface area contributed by atoms with E-state index in [0.717, 1.165) is 23.8 Å². The number of hydrogen-bond donors (Lipinski definition) is 3. The van der Waals surface area contributed by atoms with E-state index in [2.05, 4.69) is 15.7 Å². The molecule has 0 bridgehead atoms. The molecule has 4 amide bonds. The number of halogens is 1. The van der Waals surface area contributed by atoms with Crippen molar-refractivity contribution in [2.45, 2.75) is 38.3 Å². The van der Waals surface area contributed by atoms with Gasteiger partial charge in [-0.1, -0.05) is 0 Å². The molecule has 1 atom stereocenters. The van der Waals surface area contributed by atoms with Gasteiger partial charge in [-0.15, -0.1) is 0 Å². The number of piperidine rings is 1. The maximum absolute atomic E-state index is 14.8. The molecule has 0 spiro atoms.